The third-order valence-electron chi connectivity index (χ3n) is 7.55. The molecule has 0 spiro atoms. The van der Waals surface area contributed by atoms with E-state index in [0.29, 0.717) is 5.95 Å². The third-order valence-corrected chi connectivity index (χ3v) is 7.55. The predicted molar refractivity (Wildman–Crippen MR) is 146 cm³/mol. The maximum absolute atomic E-state index is 4.94. The molecule has 0 N–H and O–H groups in total. The van der Waals surface area contributed by atoms with Gasteiger partial charge in [0.1, 0.15) is 5.52 Å². The van der Waals surface area contributed by atoms with Crippen molar-refractivity contribution < 1.29 is 0 Å². The molecule has 5 aromatic heterocycles. The molecule has 166 valence electrons. The van der Waals surface area contributed by atoms with E-state index in [1.807, 2.05) is 18.3 Å². The SMILES string of the molecule is c1cnc2cnc(-n3c4ccccc4c4c5c6ccccc6n6c7ccccc7c(cc43)c56)nc2c1. The van der Waals surface area contributed by atoms with E-state index >= 15 is 0 Å². The first-order chi connectivity index (χ1) is 17.9. The first-order valence-corrected chi connectivity index (χ1v) is 12.1. The second-order valence-electron chi connectivity index (χ2n) is 9.34. The molecule has 0 fully saturated rings. The molecule has 0 amide bonds. The zero-order valence-electron chi connectivity index (χ0n) is 19.1. The van der Waals surface area contributed by atoms with Gasteiger partial charge in [-0.25, -0.2) is 9.97 Å². The van der Waals surface area contributed by atoms with Gasteiger partial charge in [-0.1, -0.05) is 54.6 Å². The fourth-order valence-electron chi connectivity index (χ4n) is 6.15. The Morgan fingerprint density at radius 1 is 0.528 bits per heavy atom. The van der Waals surface area contributed by atoms with E-state index in [9.17, 15) is 0 Å². The van der Waals surface area contributed by atoms with E-state index in [0.717, 1.165) is 22.1 Å². The van der Waals surface area contributed by atoms with Gasteiger partial charge >= 0.3 is 0 Å². The molecular formula is C31H17N5. The van der Waals surface area contributed by atoms with E-state index in [1.165, 1.54) is 48.9 Å². The summed E-state index contributed by atoms with van der Waals surface area (Å²) in [5.41, 5.74) is 7.57. The molecule has 5 heterocycles. The molecule has 0 radical (unpaired) electrons. The highest BCUT2D eigenvalue weighted by atomic mass is 15.2. The minimum absolute atomic E-state index is 0.656. The van der Waals surface area contributed by atoms with Crippen LogP contribution in [-0.4, -0.2) is 23.9 Å². The maximum atomic E-state index is 4.94. The Kier molecular flexibility index (Phi) is 3.23. The van der Waals surface area contributed by atoms with E-state index in [4.69, 9.17) is 9.97 Å². The van der Waals surface area contributed by atoms with Gasteiger partial charge in [0.15, 0.2) is 0 Å². The molecule has 0 saturated carbocycles. The average molecular weight is 460 g/mol. The Morgan fingerprint density at radius 2 is 1.22 bits per heavy atom. The highest BCUT2D eigenvalue weighted by Gasteiger charge is 2.24. The summed E-state index contributed by atoms with van der Waals surface area (Å²) in [6.07, 6.45) is 3.59. The maximum Gasteiger partial charge on any atom is 0.235 e. The van der Waals surface area contributed by atoms with Crippen molar-refractivity contribution in [1.82, 2.24) is 23.9 Å². The molecule has 0 aliphatic heterocycles. The van der Waals surface area contributed by atoms with Gasteiger partial charge in [0.2, 0.25) is 5.95 Å². The minimum Gasteiger partial charge on any atom is -0.308 e. The minimum atomic E-state index is 0.656. The van der Waals surface area contributed by atoms with Crippen LogP contribution in [0.15, 0.2) is 103 Å². The van der Waals surface area contributed by atoms with Crippen LogP contribution in [-0.2, 0) is 0 Å². The summed E-state index contributed by atoms with van der Waals surface area (Å²) in [6, 6.07) is 32.2. The second-order valence-corrected chi connectivity index (χ2v) is 9.34. The van der Waals surface area contributed by atoms with Crippen molar-refractivity contribution >= 4 is 70.9 Å². The second kappa shape index (κ2) is 6.34. The van der Waals surface area contributed by atoms with E-state index in [2.05, 4.69) is 92.8 Å². The summed E-state index contributed by atoms with van der Waals surface area (Å²) in [6.45, 7) is 0. The number of pyridine rings is 1. The van der Waals surface area contributed by atoms with Crippen LogP contribution in [0.1, 0.15) is 0 Å². The molecule has 9 rings (SSSR count). The highest BCUT2D eigenvalue weighted by molar-refractivity contribution is 6.35. The summed E-state index contributed by atoms with van der Waals surface area (Å²) in [7, 11) is 0. The molecule has 0 saturated heterocycles. The van der Waals surface area contributed by atoms with E-state index < -0.39 is 0 Å². The Balaban J connectivity index is 1.59. The predicted octanol–water partition coefficient (Wildman–Crippen LogP) is 7.27. The number of rotatable bonds is 1. The molecule has 5 nitrogen and oxygen atoms in total. The normalized spacial score (nSPS) is 12.4. The number of aromatic nitrogens is 5. The Bertz CT molecular complexity index is 2320. The molecule has 9 aromatic rings. The molecule has 0 aliphatic carbocycles. The average Bonchev–Trinajstić information content (AvgIpc) is 3.57. The molecule has 0 atom stereocenters. The van der Waals surface area contributed by atoms with Crippen LogP contribution < -0.4 is 0 Å². The van der Waals surface area contributed by atoms with Crippen molar-refractivity contribution in [2.24, 2.45) is 0 Å². The highest BCUT2D eigenvalue weighted by Crippen LogP contribution is 2.46. The first kappa shape index (κ1) is 18.3. The Labute approximate surface area is 204 Å². The van der Waals surface area contributed by atoms with Crippen molar-refractivity contribution in [2.75, 3.05) is 0 Å². The molecular weight excluding hydrogens is 442 g/mol. The number of hydrogen-bond acceptors (Lipinski definition) is 3. The topological polar surface area (TPSA) is 48.0 Å². The summed E-state index contributed by atoms with van der Waals surface area (Å²) in [5, 5.41) is 7.49. The monoisotopic (exact) mass is 459 g/mol. The van der Waals surface area contributed by atoms with Gasteiger partial charge in [0.05, 0.1) is 39.3 Å². The molecule has 0 unspecified atom stereocenters. The Morgan fingerprint density at radius 3 is 2.06 bits per heavy atom. The largest absolute Gasteiger partial charge is 0.308 e. The van der Waals surface area contributed by atoms with Crippen LogP contribution in [0, 0.1) is 0 Å². The summed E-state index contributed by atoms with van der Waals surface area (Å²) in [4.78, 5) is 14.1. The van der Waals surface area contributed by atoms with Crippen LogP contribution in [0.25, 0.3) is 76.9 Å². The summed E-state index contributed by atoms with van der Waals surface area (Å²) >= 11 is 0. The fourth-order valence-corrected chi connectivity index (χ4v) is 6.15. The number of para-hydroxylation sites is 3. The van der Waals surface area contributed by atoms with Crippen molar-refractivity contribution in [3.05, 3.63) is 103 Å². The molecule has 0 aliphatic rings. The van der Waals surface area contributed by atoms with Crippen LogP contribution in [0.5, 0.6) is 0 Å². The van der Waals surface area contributed by atoms with Gasteiger partial charge < -0.3 is 4.40 Å². The zero-order chi connectivity index (χ0) is 23.4. The first-order valence-electron chi connectivity index (χ1n) is 12.1. The molecule has 4 aromatic carbocycles. The molecule has 5 heteroatoms. The number of nitrogens with zero attached hydrogens (tertiary/aromatic N) is 5. The standard InChI is InChI=1S/C31H17N5/c1-4-12-24-18(8-1)21-16-27-28(29-20-10-3-5-13-25(20)35(24)30(21)29)19-9-2-6-14-26(19)36(27)31-33-17-23-22(34-31)11-7-15-32-23/h1-17H. The lowest BCUT2D eigenvalue weighted by molar-refractivity contribution is 1.01. The summed E-state index contributed by atoms with van der Waals surface area (Å²) < 4.78 is 4.64. The van der Waals surface area contributed by atoms with Gasteiger partial charge in [0.25, 0.3) is 0 Å². The quantitative estimate of drug-likeness (QED) is 0.259. The lowest BCUT2D eigenvalue weighted by Gasteiger charge is -2.07. The van der Waals surface area contributed by atoms with Crippen LogP contribution in [0.3, 0.4) is 0 Å². The number of hydrogen-bond donors (Lipinski definition) is 0. The van der Waals surface area contributed by atoms with Crippen molar-refractivity contribution in [3.63, 3.8) is 0 Å². The van der Waals surface area contributed by atoms with Gasteiger partial charge in [-0.2, -0.15) is 0 Å². The van der Waals surface area contributed by atoms with Gasteiger partial charge in [-0.3, -0.25) is 9.55 Å². The van der Waals surface area contributed by atoms with E-state index in [1.54, 1.807) is 6.20 Å². The van der Waals surface area contributed by atoms with Gasteiger partial charge in [0, 0.05) is 38.5 Å². The molecule has 0 bridgehead atoms. The third kappa shape index (κ3) is 2.10. The van der Waals surface area contributed by atoms with Crippen LogP contribution in [0.2, 0.25) is 0 Å². The summed E-state index contributed by atoms with van der Waals surface area (Å²) in [5.74, 6) is 0.656. The Hall–Kier alpha value is -5.03. The van der Waals surface area contributed by atoms with E-state index in [-0.39, 0.29) is 0 Å². The fraction of sp³-hybridized carbons (Fsp3) is 0. The van der Waals surface area contributed by atoms with Crippen LogP contribution in [0.4, 0.5) is 0 Å². The van der Waals surface area contributed by atoms with Crippen LogP contribution >= 0.6 is 0 Å². The lowest BCUT2D eigenvalue weighted by atomic mass is 10.0. The van der Waals surface area contributed by atoms with Gasteiger partial charge in [-0.15, -0.1) is 0 Å². The molecule has 36 heavy (non-hydrogen) atoms. The van der Waals surface area contributed by atoms with Crippen molar-refractivity contribution in [2.45, 2.75) is 0 Å². The lowest BCUT2D eigenvalue weighted by Crippen LogP contribution is -2.01. The van der Waals surface area contributed by atoms with Crippen molar-refractivity contribution in [3.8, 4) is 5.95 Å². The zero-order valence-corrected chi connectivity index (χ0v) is 19.1. The smallest absolute Gasteiger partial charge is 0.235 e. The number of fused-ring (bicyclic) bond motifs is 11. The number of benzene rings is 4. The van der Waals surface area contributed by atoms with Crippen molar-refractivity contribution in [1.29, 1.82) is 0 Å². The van der Waals surface area contributed by atoms with Gasteiger partial charge in [-0.05, 0) is 36.4 Å².